The molecule has 96 valence electrons. The molecule has 0 spiro atoms. The molecular formula is C13H20ClNO2. The maximum Gasteiger partial charge on any atom is 0.0914 e. The molecular weight excluding hydrogens is 238 g/mol. The first-order valence-electron chi connectivity index (χ1n) is 5.79. The van der Waals surface area contributed by atoms with Gasteiger partial charge in [-0.25, -0.2) is 0 Å². The van der Waals surface area contributed by atoms with Crippen LogP contribution in [0.1, 0.15) is 23.7 Å². The minimum absolute atomic E-state index is 0.492. The minimum atomic E-state index is -0.492. The van der Waals surface area contributed by atoms with E-state index in [1.165, 1.54) is 0 Å². The summed E-state index contributed by atoms with van der Waals surface area (Å²) in [5.41, 5.74) is 1.88. The molecule has 1 aromatic carbocycles. The van der Waals surface area contributed by atoms with E-state index in [0.717, 1.165) is 35.7 Å². The molecule has 1 unspecified atom stereocenters. The summed E-state index contributed by atoms with van der Waals surface area (Å²) in [5.74, 6) is 0. The van der Waals surface area contributed by atoms with Crippen LogP contribution in [-0.4, -0.2) is 31.9 Å². The first-order valence-corrected chi connectivity index (χ1v) is 6.16. The fourth-order valence-electron chi connectivity index (χ4n) is 1.57. The molecule has 0 aliphatic rings. The third-order valence-electron chi connectivity index (χ3n) is 2.61. The van der Waals surface area contributed by atoms with Gasteiger partial charge in [-0.15, -0.1) is 0 Å². The van der Waals surface area contributed by atoms with Crippen LogP contribution in [-0.2, 0) is 4.74 Å². The average molecular weight is 258 g/mol. The Morgan fingerprint density at radius 2 is 2.24 bits per heavy atom. The molecule has 0 aliphatic heterocycles. The Hall–Kier alpha value is -0.610. The fourth-order valence-corrected chi connectivity index (χ4v) is 1.69. The van der Waals surface area contributed by atoms with Crippen molar-refractivity contribution in [1.29, 1.82) is 0 Å². The summed E-state index contributed by atoms with van der Waals surface area (Å²) < 4.78 is 4.95. The smallest absolute Gasteiger partial charge is 0.0914 e. The van der Waals surface area contributed by atoms with Gasteiger partial charge in [0.25, 0.3) is 0 Å². The van der Waals surface area contributed by atoms with Crippen LogP contribution < -0.4 is 5.32 Å². The number of aliphatic hydroxyl groups is 1. The van der Waals surface area contributed by atoms with Crippen LogP contribution >= 0.6 is 11.6 Å². The number of nitrogens with one attached hydrogen (secondary N) is 1. The van der Waals surface area contributed by atoms with Crippen LogP contribution in [0.5, 0.6) is 0 Å². The van der Waals surface area contributed by atoms with Crippen molar-refractivity contribution in [1.82, 2.24) is 5.32 Å². The molecule has 0 aromatic heterocycles. The highest BCUT2D eigenvalue weighted by atomic mass is 35.5. The van der Waals surface area contributed by atoms with Crippen LogP contribution in [0.25, 0.3) is 0 Å². The Morgan fingerprint density at radius 1 is 1.47 bits per heavy atom. The molecule has 3 nitrogen and oxygen atoms in total. The number of rotatable bonds is 7. The number of aryl methyl sites for hydroxylation is 1. The monoisotopic (exact) mass is 257 g/mol. The van der Waals surface area contributed by atoms with Crippen molar-refractivity contribution in [3.63, 3.8) is 0 Å². The zero-order chi connectivity index (χ0) is 12.7. The van der Waals surface area contributed by atoms with Crippen molar-refractivity contribution in [3.8, 4) is 0 Å². The number of hydrogen-bond acceptors (Lipinski definition) is 3. The van der Waals surface area contributed by atoms with E-state index in [1.54, 1.807) is 7.11 Å². The van der Waals surface area contributed by atoms with E-state index in [2.05, 4.69) is 5.32 Å². The van der Waals surface area contributed by atoms with Gasteiger partial charge in [0.05, 0.1) is 6.10 Å². The van der Waals surface area contributed by atoms with Gasteiger partial charge in [-0.05, 0) is 37.1 Å². The summed E-state index contributed by atoms with van der Waals surface area (Å²) >= 11 is 5.94. The summed E-state index contributed by atoms with van der Waals surface area (Å²) in [6.07, 6.45) is 0.455. The first kappa shape index (κ1) is 14.5. The molecule has 0 saturated carbocycles. The Bertz CT molecular complexity index is 344. The van der Waals surface area contributed by atoms with E-state index >= 15 is 0 Å². The lowest BCUT2D eigenvalue weighted by Gasteiger charge is -2.13. The highest BCUT2D eigenvalue weighted by Gasteiger charge is 2.07. The topological polar surface area (TPSA) is 41.5 Å². The third-order valence-corrected chi connectivity index (χ3v) is 3.03. The van der Waals surface area contributed by atoms with Gasteiger partial charge in [0.15, 0.2) is 0 Å². The highest BCUT2D eigenvalue weighted by Crippen LogP contribution is 2.20. The Morgan fingerprint density at radius 3 is 2.88 bits per heavy atom. The minimum Gasteiger partial charge on any atom is -0.387 e. The van der Waals surface area contributed by atoms with Crippen molar-refractivity contribution in [2.45, 2.75) is 19.4 Å². The molecule has 4 heteroatoms. The molecule has 0 saturated heterocycles. The normalized spacial score (nSPS) is 12.7. The molecule has 2 N–H and O–H groups in total. The molecule has 0 heterocycles. The third kappa shape index (κ3) is 5.04. The lowest BCUT2D eigenvalue weighted by atomic mass is 10.1. The molecule has 0 aliphatic carbocycles. The maximum absolute atomic E-state index is 9.96. The molecule has 0 radical (unpaired) electrons. The second-order valence-electron chi connectivity index (χ2n) is 4.07. The van der Waals surface area contributed by atoms with Gasteiger partial charge in [-0.1, -0.05) is 23.7 Å². The highest BCUT2D eigenvalue weighted by molar-refractivity contribution is 6.31. The van der Waals surface area contributed by atoms with Crippen LogP contribution in [0.4, 0.5) is 0 Å². The van der Waals surface area contributed by atoms with Crippen molar-refractivity contribution in [2.75, 3.05) is 26.8 Å². The van der Waals surface area contributed by atoms with Crippen LogP contribution in [0.3, 0.4) is 0 Å². The van der Waals surface area contributed by atoms with Gasteiger partial charge >= 0.3 is 0 Å². The largest absolute Gasteiger partial charge is 0.387 e. The van der Waals surface area contributed by atoms with Crippen molar-refractivity contribution in [2.24, 2.45) is 0 Å². The van der Waals surface area contributed by atoms with Crippen LogP contribution in [0.15, 0.2) is 18.2 Å². The number of halogens is 1. The predicted octanol–water partition coefficient (Wildman–Crippen LogP) is 2.31. The standard InChI is InChI=1S/C13H20ClNO2/c1-10-8-11(4-5-12(10)14)13(16)9-15-6-3-7-17-2/h4-5,8,13,15-16H,3,6-7,9H2,1-2H3. The van der Waals surface area contributed by atoms with Gasteiger partial charge in [0, 0.05) is 25.3 Å². The molecule has 17 heavy (non-hydrogen) atoms. The SMILES string of the molecule is COCCCNCC(O)c1ccc(Cl)c(C)c1. The number of ether oxygens (including phenoxy) is 1. The van der Waals surface area contributed by atoms with Crippen LogP contribution in [0.2, 0.25) is 5.02 Å². The Balaban J connectivity index is 2.36. The summed E-state index contributed by atoms with van der Waals surface area (Å²) in [7, 11) is 1.69. The maximum atomic E-state index is 9.96. The van der Waals surface area contributed by atoms with E-state index in [4.69, 9.17) is 16.3 Å². The van der Waals surface area contributed by atoms with E-state index in [9.17, 15) is 5.11 Å². The van der Waals surface area contributed by atoms with E-state index in [-0.39, 0.29) is 0 Å². The van der Waals surface area contributed by atoms with E-state index < -0.39 is 6.10 Å². The zero-order valence-electron chi connectivity index (χ0n) is 10.4. The van der Waals surface area contributed by atoms with Crippen LogP contribution in [0, 0.1) is 6.92 Å². The fraction of sp³-hybridized carbons (Fsp3) is 0.538. The summed E-state index contributed by atoms with van der Waals surface area (Å²) in [5, 5.41) is 13.9. The van der Waals surface area contributed by atoms with E-state index in [0.29, 0.717) is 6.54 Å². The zero-order valence-corrected chi connectivity index (χ0v) is 11.1. The predicted molar refractivity (Wildman–Crippen MR) is 70.5 cm³/mol. The summed E-state index contributed by atoms with van der Waals surface area (Å²) in [6, 6.07) is 5.60. The van der Waals surface area contributed by atoms with E-state index in [1.807, 2.05) is 25.1 Å². The Kier molecular flexibility index (Phi) is 6.52. The number of aliphatic hydroxyl groups excluding tert-OH is 1. The molecule has 0 amide bonds. The average Bonchev–Trinajstić information content (AvgIpc) is 2.32. The number of benzene rings is 1. The lowest BCUT2D eigenvalue weighted by molar-refractivity contribution is 0.168. The van der Waals surface area contributed by atoms with Gasteiger partial charge < -0.3 is 15.2 Å². The number of methoxy groups -OCH3 is 1. The second-order valence-corrected chi connectivity index (χ2v) is 4.48. The molecule has 1 atom stereocenters. The molecule has 1 aromatic rings. The summed E-state index contributed by atoms with van der Waals surface area (Å²) in [4.78, 5) is 0. The second kappa shape index (κ2) is 7.67. The van der Waals surface area contributed by atoms with Gasteiger partial charge in [0.1, 0.15) is 0 Å². The van der Waals surface area contributed by atoms with Crippen molar-refractivity contribution >= 4 is 11.6 Å². The van der Waals surface area contributed by atoms with Crippen molar-refractivity contribution < 1.29 is 9.84 Å². The molecule has 0 fully saturated rings. The lowest BCUT2D eigenvalue weighted by Crippen LogP contribution is -2.23. The molecule has 0 bridgehead atoms. The van der Waals surface area contributed by atoms with Gasteiger partial charge in [0.2, 0.25) is 0 Å². The van der Waals surface area contributed by atoms with Gasteiger partial charge in [-0.2, -0.15) is 0 Å². The Labute approximate surface area is 108 Å². The van der Waals surface area contributed by atoms with Gasteiger partial charge in [-0.3, -0.25) is 0 Å². The van der Waals surface area contributed by atoms with Crippen molar-refractivity contribution in [3.05, 3.63) is 34.3 Å². The summed E-state index contributed by atoms with van der Waals surface area (Å²) in [6.45, 7) is 4.07. The first-order chi connectivity index (χ1) is 8.15. The molecule has 1 rings (SSSR count). The number of hydrogen-bond donors (Lipinski definition) is 2. The quantitative estimate of drug-likeness (QED) is 0.737.